The Morgan fingerprint density at radius 2 is 1.89 bits per heavy atom. The first-order chi connectivity index (χ1) is 13.5. The fourth-order valence-corrected chi connectivity index (χ4v) is 4.23. The zero-order valence-electron chi connectivity index (χ0n) is 16.0. The fourth-order valence-electron chi connectivity index (χ4n) is 3.67. The zero-order chi connectivity index (χ0) is 19.8. The number of halogens is 1. The first kappa shape index (κ1) is 19.2. The van der Waals surface area contributed by atoms with Crippen molar-refractivity contribution in [1.29, 1.82) is 0 Å². The predicted octanol–water partition coefficient (Wildman–Crippen LogP) is 0.886. The molecular formula is C19H23IN6O2. The monoisotopic (exact) mass is 494 g/mol. The number of aryl methyl sites for hydroxylation is 1. The Balaban J connectivity index is 1.98. The van der Waals surface area contributed by atoms with E-state index in [1.165, 1.54) is 11.6 Å². The van der Waals surface area contributed by atoms with E-state index in [-0.39, 0.29) is 11.2 Å². The van der Waals surface area contributed by atoms with Gasteiger partial charge in [-0.25, -0.2) is 4.79 Å². The molecule has 1 aliphatic heterocycles. The molecule has 0 bridgehead atoms. The van der Waals surface area contributed by atoms with E-state index in [1.807, 2.05) is 16.7 Å². The van der Waals surface area contributed by atoms with Crippen molar-refractivity contribution >= 4 is 39.7 Å². The summed E-state index contributed by atoms with van der Waals surface area (Å²) in [6.07, 6.45) is 1.00. The lowest BCUT2D eigenvalue weighted by atomic mass is 10.2. The molecule has 0 unspecified atom stereocenters. The van der Waals surface area contributed by atoms with Gasteiger partial charge < -0.3 is 10.2 Å². The van der Waals surface area contributed by atoms with Gasteiger partial charge in [-0.05, 0) is 47.2 Å². The van der Waals surface area contributed by atoms with Gasteiger partial charge >= 0.3 is 5.69 Å². The molecule has 0 aliphatic carbocycles. The third kappa shape index (κ3) is 3.26. The average molecular weight is 494 g/mol. The number of rotatable bonds is 3. The van der Waals surface area contributed by atoms with Crippen LogP contribution in [0.3, 0.4) is 0 Å². The van der Waals surface area contributed by atoms with E-state index in [2.05, 4.69) is 44.9 Å². The van der Waals surface area contributed by atoms with Crippen LogP contribution in [0.15, 0.2) is 33.9 Å². The van der Waals surface area contributed by atoms with Crippen LogP contribution in [0.4, 0.5) is 5.95 Å². The molecule has 3 heterocycles. The standard InChI is InChI=1S/C19H23IN6O2/c1-23-16-15(17(27)24(2)19(23)28)26(12-13-6-3-4-7-14(13)20)18(22-16)25-10-5-8-21-9-11-25/h3-4,6-7,21H,5,8-12H2,1-2H3. The van der Waals surface area contributed by atoms with Crippen molar-refractivity contribution in [3.8, 4) is 0 Å². The maximum absolute atomic E-state index is 13.0. The molecule has 8 nitrogen and oxygen atoms in total. The van der Waals surface area contributed by atoms with Crippen molar-refractivity contribution in [1.82, 2.24) is 24.0 Å². The predicted molar refractivity (Wildman–Crippen MR) is 118 cm³/mol. The molecule has 4 rings (SSSR count). The number of benzene rings is 1. The number of imidazole rings is 1. The minimum Gasteiger partial charge on any atom is -0.341 e. The Kier molecular flexibility index (Phi) is 5.28. The van der Waals surface area contributed by atoms with Crippen LogP contribution >= 0.6 is 22.6 Å². The second kappa shape index (κ2) is 7.70. The van der Waals surface area contributed by atoms with Gasteiger partial charge in [-0.1, -0.05) is 18.2 Å². The van der Waals surface area contributed by atoms with E-state index >= 15 is 0 Å². The van der Waals surface area contributed by atoms with Crippen LogP contribution in [0, 0.1) is 3.57 Å². The molecule has 0 saturated carbocycles. The molecule has 28 heavy (non-hydrogen) atoms. The minimum absolute atomic E-state index is 0.310. The van der Waals surface area contributed by atoms with Gasteiger partial charge in [0.2, 0.25) is 5.95 Å². The van der Waals surface area contributed by atoms with Crippen molar-refractivity contribution in [3.05, 3.63) is 54.2 Å². The van der Waals surface area contributed by atoms with Crippen LogP contribution in [-0.2, 0) is 20.6 Å². The highest BCUT2D eigenvalue weighted by Gasteiger charge is 2.23. The molecule has 1 aliphatic rings. The molecule has 2 aromatic heterocycles. The van der Waals surface area contributed by atoms with Crippen molar-refractivity contribution in [2.45, 2.75) is 13.0 Å². The number of nitrogens with one attached hydrogen (secondary N) is 1. The van der Waals surface area contributed by atoms with E-state index in [0.717, 1.165) is 52.2 Å². The third-order valence-electron chi connectivity index (χ3n) is 5.24. The SMILES string of the molecule is Cn1c(=O)c2c(nc(N3CCCNCC3)n2Cc2ccccc2I)n(C)c1=O. The van der Waals surface area contributed by atoms with Gasteiger partial charge in [0.1, 0.15) is 0 Å². The van der Waals surface area contributed by atoms with Crippen LogP contribution in [0.25, 0.3) is 11.2 Å². The van der Waals surface area contributed by atoms with Crippen molar-refractivity contribution < 1.29 is 0 Å². The van der Waals surface area contributed by atoms with Crippen LogP contribution in [-0.4, -0.2) is 44.9 Å². The van der Waals surface area contributed by atoms with E-state index in [0.29, 0.717) is 17.7 Å². The normalized spacial score (nSPS) is 15.2. The Morgan fingerprint density at radius 1 is 1.11 bits per heavy atom. The summed E-state index contributed by atoms with van der Waals surface area (Å²) >= 11 is 2.31. The van der Waals surface area contributed by atoms with Crippen LogP contribution in [0.1, 0.15) is 12.0 Å². The molecule has 0 atom stereocenters. The lowest BCUT2D eigenvalue weighted by molar-refractivity contribution is 0.699. The first-order valence-corrected chi connectivity index (χ1v) is 10.4. The molecular weight excluding hydrogens is 471 g/mol. The largest absolute Gasteiger partial charge is 0.341 e. The minimum atomic E-state index is -0.361. The number of anilines is 1. The van der Waals surface area contributed by atoms with Crippen molar-refractivity contribution in [2.24, 2.45) is 14.1 Å². The van der Waals surface area contributed by atoms with Crippen LogP contribution in [0.5, 0.6) is 0 Å². The molecule has 1 saturated heterocycles. The summed E-state index contributed by atoms with van der Waals surface area (Å²) in [4.78, 5) is 32.4. The molecule has 1 fully saturated rings. The van der Waals surface area contributed by atoms with E-state index in [9.17, 15) is 9.59 Å². The number of hydrogen-bond donors (Lipinski definition) is 1. The summed E-state index contributed by atoms with van der Waals surface area (Å²) in [5, 5.41) is 3.40. The summed E-state index contributed by atoms with van der Waals surface area (Å²) in [6, 6.07) is 8.12. The third-order valence-corrected chi connectivity index (χ3v) is 6.29. The second-order valence-corrected chi connectivity index (χ2v) is 8.22. The maximum atomic E-state index is 13.0. The zero-order valence-corrected chi connectivity index (χ0v) is 18.1. The Bertz CT molecular complexity index is 1140. The molecule has 0 spiro atoms. The lowest BCUT2D eigenvalue weighted by Gasteiger charge is -2.22. The van der Waals surface area contributed by atoms with Gasteiger partial charge in [0.15, 0.2) is 11.2 Å². The Morgan fingerprint density at radius 3 is 2.68 bits per heavy atom. The lowest BCUT2D eigenvalue weighted by Crippen LogP contribution is -2.37. The highest BCUT2D eigenvalue weighted by molar-refractivity contribution is 14.1. The highest BCUT2D eigenvalue weighted by atomic mass is 127. The number of hydrogen-bond acceptors (Lipinski definition) is 5. The van der Waals surface area contributed by atoms with Gasteiger partial charge in [-0.3, -0.25) is 18.5 Å². The average Bonchev–Trinajstić information content (AvgIpc) is 2.87. The topological polar surface area (TPSA) is 77.1 Å². The van der Waals surface area contributed by atoms with E-state index < -0.39 is 0 Å². The summed E-state index contributed by atoms with van der Waals surface area (Å²) in [7, 11) is 3.19. The maximum Gasteiger partial charge on any atom is 0.332 e. The first-order valence-electron chi connectivity index (χ1n) is 9.34. The van der Waals surface area contributed by atoms with Gasteiger partial charge in [-0.15, -0.1) is 0 Å². The Labute approximate surface area is 175 Å². The van der Waals surface area contributed by atoms with E-state index in [1.54, 1.807) is 7.05 Å². The molecule has 9 heteroatoms. The van der Waals surface area contributed by atoms with Crippen molar-refractivity contribution in [2.75, 3.05) is 31.1 Å². The molecule has 1 N–H and O–H groups in total. The quantitative estimate of drug-likeness (QED) is 0.548. The fraction of sp³-hybridized carbons (Fsp3) is 0.421. The summed E-state index contributed by atoms with van der Waals surface area (Å²) in [5.41, 5.74) is 1.35. The van der Waals surface area contributed by atoms with Crippen LogP contribution < -0.4 is 21.5 Å². The molecule has 148 valence electrons. The molecule has 0 radical (unpaired) electrons. The highest BCUT2D eigenvalue weighted by Crippen LogP contribution is 2.23. The van der Waals surface area contributed by atoms with Crippen LogP contribution in [0.2, 0.25) is 0 Å². The Hall–Kier alpha value is -2.14. The van der Waals surface area contributed by atoms with Gasteiger partial charge in [0.05, 0.1) is 6.54 Å². The van der Waals surface area contributed by atoms with Gasteiger partial charge in [0.25, 0.3) is 5.56 Å². The van der Waals surface area contributed by atoms with Gasteiger partial charge in [0, 0.05) is 37.3 Å². The number of aromatic nitrogens is 4. The number of fused-ring (bicyclic) bond motifs is 1. The summed E-state index contributed by atoms with van der Waals surface area (Å²) < 4.78 is 5.72. The summed E-state index contributed by atoms with van der Waals surface area (Å²) in [5.74, 6) is 0.747. The molecule has 3 aromatic rings. The smallest absolute Gasteiger partial charge is 0.332 e. The van der Waals surface area contributed by atoms with E-state index in [4.69, 9.17) is 4.98 Å². The summed E-state index contributed by atoms with van der Waals surface area (Å²) in [6.45, 7) is 4.03. The number of nitrogens with zero attached hydrogens (tertiary/aromatic N) is 5. The second-order valence-electron chi connectivity index (χ2n) is 7.06. The van der Waals surface area contributed by atoms with Crippen molar-refractivity contribution in [3.63, 3.8) is 0 Å². The molecule has 0 amide bonds. The molecule has 1 aromatic carbocycles. The van der Waals surface area contributed by atoms with Gasteiger partial charge in [-0.2, -0.15) is 4.98 Å².